The van der Waals surface area contributed by atoms with E-state index >= 15 is 0 Å². The highest BCUT2D eigenvalue weighted by molar-refractivity contribution is 4.79. The second-order valence-corrected chi connectivity index (χ2v) is 6.03. The van der Waals surface area contributed by atoms with Crippen molar-refractivity contribution in [2.45, 2.75) is 46.6 Å². The summed E-state index contributed by atoms with van der Waals surface area (Å²) < 4.78 is 0. The van der Waals surface area contributed by atoms with Gasteiger partial charge in [0.25, 0.3) is 0 Å². The Bertz CT molecular complexity index is 162. The van der Waals surface area contributed by atoms with Gasteiger partial charge < -0.3 is 10.6 Å². The number of piperidine rings is 1. The fraction of sp³-hybridized carbons (Fsp3) is 1.00. The largest absolute Gasteiger partial charge is 0.328 e. The third-order valence-corrected chi connectivity index (χ3v) is 3.07. The van der Waals surface area contributed by atoms with Crippen molar-refractivity contribution in [2.24, 2.45) is 17.1 Å². The third-order valence-electron chi connectivity index (χ3n) is 3.07. The molecule has 0 aromatic heterocycles. The van der Waals surface area contributed by atoms with Crippen molar-refractivity contribution >= 4 is 0 Å². The molecule has 1 atom stereocenters. The van der Waals surface area contributed by atoms with Gasteiger partial charge >= 0.3 is 0 Å². The van der Waals surface area contributed by atoms with Gasteiger partial charge in [-0.25, -0.2) is 0 Å². The minimum Gasteiger partial charge on any atom is -0.328 e. The maximum atomic E-state index is 5.92. The second-order valence-electron chi connectivity index (χ2n) is 6.03. The van der Waals surface area contributed by atoms with Crippen molar-refractivity contribution in [2.75, 3.05) is 19.6 Å². The Hall–Kier alpha value is -0.0800. The molecule has 0 aromatic carbocycles. The zero-order valence-corrected chi connectivity index (χ0v) is 10.2. The number of nitrogens with two attached hydrogens (primary N) is 1. The fourth-order valence-electron chi connectivity index (χ4n) is 2.31. The zero-order valence-electron chi connectivity index (χ0n) is 10.2. The van der Waals surface area contributed by atoms with Crippen LogP contribution in [-0.2, 0) is 0 Å². The van der Waals surface area contributed by atoms with Crippen LogP contribution in [-0.4, -0.2) is 30.6 Å². The number of rotatable bonds is 2. The molecule has 14 heavy (non-hydrogen) atoms. The molecule has 1 aliphatic heterocycles. The first-order chi connectivity index (χ1) is 6.38. The lowest BCUT2D eigenvalue weighted by Gasteiger charge is -2.37. The molecule has 0 spiro atoms. The van der Waals surface area contributed by atoms with Gasteiger partial charge in [-0.3, -0.25) is 0 Å². The highest BCUT2D eigenvalue weighted by Crippen LogP contribution is 2.23. The van der Waals surface area contributed by atoms with Crippen molar-refractivity contribution in [3.63, 3.8) is 0 Å². The average molecular weight is 198 g/mol. The van der Waals surface area contributed by atoms with E-state index < -0.39 is 0 Å². The monoisotopic (exact) mass is 198 g/mol. The molecule has 0 saturated carbocycles. The maximum Gasteiger partial charge on any atom is 0.00397 e. The molecule has 1 aliphatic rings. The van der Waals surface area contributed by atoms with Crippen LogP contribution in [0.2, 0.25) is 0 Å². The summed E-state index contributed by atoms with van der Waals surface area (Å²) in [6, 6.07) is 0.381. The van der Waals surface area contributed by atoms with E-state index in [1.807, 2.05) is 0 Å². The van der Waals surface area contributed by atoms with Crippen LogP contribution in [0.5, 0.6) is 0 Å². The van der Waals surface area contributed by atoms with Crippen LogP contribution in [0.15, 0.2) is 0 Å². The third kappa shape index (κ3) is 3.97. The molecular formula is C12H26N2. The van der Waals surface area contributed by atoms with Crippen LogP contribution in [0, 0.1) is 11.3 Å². The van der Waals surface area contributed by atoms with Gasteiger partial charge in [0, 0.05) is 12.6 Å². The Morgan fingerprint density at radius 1 is 1.29 bits per heavy atom. The Morgan fingerprint density at radius 2 is 1.79 bits per heavy atom. The molecule has 0 bridgehead atoms. The van der Waals surface area contributed by atoms with Gasteiger partial charge in [0.1, 0.15) is 0 Å². The summed E-state index contributed by atoms with van der Waals surface area (Å²) in [5.41, 5.74) is 6.35. The van der Waals surface area contributed by atoms with E-state index in [0.717, 1.165) is 5.92 Å². The van der Waals surface area contributed by atoms with Gasteiger partial charge in [0.15, 0.2) is 0 Å². The standard InChI is InChI=1S/C12H26N2/c1-10(13)11-5-7-14(8-6-11)9-12(2,3)4/h10-11H,5-9,13H2,1-4H3. The molecule has 2 heteroatoms. The Labute approximate surface area is 88.8 Å². The van der Waals surface area contributed by atoms with Crippen molar-refractivity contribution in [3.8, 4) is 0 Å². The van der Waals surface area contributed by atoms with Gasteiger partial charge in [-0.1, -0.05) is 20.8 Å². The lowest BCUT2D eigenvalue weighted by Crippen LogP contribution is -2.42. The van der Waals surface area contributed by atoms with Crippen molar-refractivity contribution in [1.29, 1.82) is 0 Å². The molecular weight excluding hydrogens is 172 g/mol. The van der Waals surface area contributed by atoms with Gasteiger partial charge in [-0.05, 0) is 44.2 Å². The molecule has 84 valence electrons. The summed E-state index contributed by atoms with van der Waals surface area (Å²) in [6.45, 7) is 12.8. The van der Waals surface area contributed by atoms with E-state index in [9.17, 15) is 0 Å². The Kier molecular flexibility index (Phi) is 3.96. The molecule has 1 fully saturated rings. The predicted octanol–water partition coefficient (Wildman–Crippen LogP) is 2.09. The normalized spacial score (nSPS) is 23.8. The number of likely N-dealkylation sites (tertiary alicyclic amines) is 1. The smallest absolute Gasteiger partial charge is 0.00397 e. The topological polar surface area (TPSA) is 29.3 Å². The van der Waals surface area contributed by atoms with E-state index in [-0.39, 0.29) is 0 Å². The Balaban J connectivity index is 2.29. The molecule has 0 aromatic rings. The van der Waals surface area contributed by atoms with E-state index in [1.165, 1.54) is 32.5 Å². The van der Waals surface area contributed by atoms with E-state index in [2.05, 4.69) is 32.6 Å². The minimum atomic E-state index is 0.381. The molecule has 1 heterocycles. The zero-order chi connectivity index (χ0) is 10.8. The first-order valence-electron chi connectivity index (χ1n) is 5.86. The van der Waals surface area contributed by atoms with Gasteiger partial charge in [-0.2, -0.15) is 0 Å². The van der Waals surface area contributed by atoms with Crippen LogP contribution in [0.4, 0.5) is 0 Å². The lowest BCUT2D eigenvalue weighted by molar-refractivity contribution is 0.129. The number of nitrogens with zero attached hydrogens (tertiary/aromatic N) is 1. The Morgan fingerprint density at radius 3 is 2.14 bits per heavy atom. The maximum absolute atomic E-state index is 5.92. The van der Waals surface area contributed by atoms with E-state index in [1.54, 1.807) is 0 Å². The molecule has 1 saturated heterocycles. The first kappa shape index (κ1) is 12.0. The molecule has 2 nitrogen and oxygen atoms in total. The quantitative estimate of drug-likeness (QED) is 0.736. The molecule has 1 rings (SSSR count). The predicted molar refractivity (Wildman–Crippen MR) is 62.3 cm³/mol. The SMILES string of the molecule is CC(N)C1CCN(CC(C)(C)C)CC1. The van der Waals surface area contributed by atoms with Crippen LogP contribution in [0.1, 0.15) is 40.5 Å². The number of hydrogen-bond donors (Lipinski definition) is 1. The average Bonchev–Trinajstić information content (AvgIpc) is 2.02. The fourth-order valence-corrected chi connectivity index (χ4v) is 2.31. The summed E-state index contributed by atoms with van der Waals surface area (Å²) in [5, 5.41) is 0. The second kappa shape index (κ2) is 4.63. The molecule has 2 N–H and O–H groups in total. The van der Waals surface area contributed by atoms with Gasteiger partial charge in [-0.15, -0.1) is 0 Å². The van der Waals surface area contributed by atoms with Crippen LogP contribution < -0.4 is 5.73 Å². The van der Waals surface area contributed by atoms with E-state index in [0.29, 0.717) is 11.5 Å². The first-order valence-corrected chi connectivity index (χ1v) is 5.86. The summed E-state index contributed by atoms with van der Waals surface area (Å²) >= 11 is 0. The summed E-state index contributed by atoms with van der Waals surface area (Å²) in [6.07, 6.45) is 2.57. The molecule has 0 radical (unpaired) electrons. The summed E-state index contributed by atoms with van der Waals surface area (Å²) in [4.78, 5) is 2.58. The van der Waals surface area contributed by atoms with Crippen LogP contribution in [0.25, 0.3) is 0 Å². The van der Waals surface area contributed by atoms with Crippen LogP contribution in [0.3, 0.4) is 0 Å². The summed E-state index contributed by atoms with van der Waals surface area (Å²) in [5.74, 6) is 0.756. The summed E-state index contributed by atoms with van der Waals surface area (Å²) in [7, 11) is 0. The molecule has 0 aliphatic carbocycles. The lowest BCUT2D eigenvalue weighted by atomic mass is 9.89. The van der Waals surface area contributed by atoms with Crippen molar-refractivity contribution in [3.05, 3.63) is 0 Å². The molecule has 1 unspecified atom stereocenters. The van der Waals surface area contributed by atoms with Gasteiger partial charge in [0.05, 0.1) is 0 Å². The highest BCUT2D eigenvalue weighted by atomic mass is 15.1. The van der Waals surface area contributed by atoms with Crippen molar-refractivity contribution < 1.29 is 0 Å². The van der Waals surface area contributed by atoms with Gasteiger partial charge in [0.2, 0.25) is 0 Å². The van der Waals surface area contributed by atoms with E-state index in [4.69, 9.17) is 5.73 Å². The van der Waals surface area contributed by atoms with Crippen LogP contribution >= 0.6 is 0 Å². The minimum absolute atomic E-state index is 0.381. The highest BCUT2D eigenvalue weighted by Gasteiger charge is 2.24. The van der Waals surface area contributed by atoms with Crippen molar-refractivity contribution in [1.82, 2.24) is 4.90 Å². The molecule has 0 amide bonds. The number of hydrogen-bond acceptors (Lipinski definition) is 2.